The number of halogens is 1. The van der Waals surface area contributed by atoms with E-state index in [2.05, 4.69) is 14.9 Å². The van der Waals surface area contributed by atoms with Gasteiger partial charge in [0.2, 0.25) is 0 Å². The fourth-order valence-electron chi connectivity index (χ4n) is 2.41. The maximum atomic E-state index is 6.14. The summed E-state index contributed by atoms with van der Waals surface area (Å²) in [4.78, 5) is 11.1. The van der Waals surface area contributed by atoms with E-state index in [-0.39, 0.29) is 6.10 Å². The summed E-state index contributed by atoms with van der Waals surface area (Å²) in [6, 6.07) is 11.7. The van der Waals surface area contributed by atoms with Crippen molar-refractivity contribution in [3.8, 4) is 11.4 Å². The van der Waals surface area contributed by atoms with E-state index in [9.17, 15) is 0 Å². The molecule has 0 amide bonds. The van der Waals surface area contributed by atoms with Crippen molar-refractivity contribution in [2.45, 2.75) is 12.5 Å². The molecule has 4 nitrogen and oxygen atoms in total. The normalized spacial score (nSPS) is 18.5. The van der Waals surface area contributed by atoms with E-state index in [4.69, 9.17) is 16.3 Å². The average molecular weight is 290 g/mol. The molecule has 1 fully saturated rings. The Morgan fingerprint density at radius 3 is 2.75 bits per heavy atom. The van der Waals surface area contributed by atoms with Crippen LogP contribution in [0.1, 0.15) is 6.42 Å². The third-order valence-electron chi connectivity index (χ3n) is 3.52. The second-order valence-electron chi connectivity index (χ2n) is 4.83. The van der Waals surface area contributed by atoms with Crippen molar-refractivity contribution >= 4 is 17.4 Å². The third kappa shape index (κ3) is 2.76. The van der Waals surface area contributed by atoms with E-state index in [0.29, 0.717) is 11.0 Å². The topological polar surface area (TPSA) is 38.2 Å². The first kappa shape index (κ1) is 13.3. The van der Waals surface area contributed by atoms with Crippen LogP contribution in [0, 0.1) is 0 Å². The lowest BCUT2D eigenvalue weighted by Gasteiger charge is -2.18. The van der Waals surface area contributed by atoms with Crippen molar-refractivity contribution in [2.75, 3.05) is 25.1 Å². The number of methoxy groups -OCH3 is 1. The van der Waals surface area contributed by atoms with Gasteiger partial charge in [0.25, 0.3) is 0 Å². The maximum absolute atomic E-state index is 6.14. The standard InChI is InChI=1S/C15H16ClN3O/c1-20-12-7-8-19(10-12)14-9-13(16)17-15(18-14)11-5-3-2-4-6-11/h2-6,9,12H,7-8,10H2,1H3/t12-/m0/s1. The summed E-state index contributed by atoms with van der Waals surface area (Å²) in [7, 11) is 1.75. The van der Waals surface area contributed by atoms with E-state index >= 15 is 0 Å². The van der Waals surface area contributed by atoms with Gasteiger partial charge >= 0.3 is 0 Å². The molecule has 1 atom stereocenters. The molecule has 104 valence electrons. The van der Waals surface area contributed by atoms with Gasteiger partial charge in [-0.05, 0) is 6.42 Å². The van der Waals surface area contributed by atoms with E-state index < -0.39 is 0 Å². The van der Waals surface area contributed by atoms with Crippen LogP contribution >= 0.6 is 11.6 Å². The first-order chi connectivity index (χ1) is 9.76. The average Bonchev–Trinajstić information content (AvgIpc) is 2.96. The summed E-state index contributed by atoms with van der Waals surface area (Å²) >= 11 is 6.14. The van der Waals surface area contributed by atoms with Crippen LogP contribution < -0.4 is 4.90 Å². The molecule has 5 heteroatoms. The number of ether oxygens (including phenoxy) is 1. The summed E-state index contributed by atoms with van der Waals surface area (Å²) in [5, 5.41) is 0.467. The quantitative estimate of drug-likeness (QED) is 0.814. The van der Waals surface area contributed by atoms with Gasteiger partial charge in [-0.15, -0.1) is 0 Å². The van der Waals surface area contributed by atoms with Gasteiger partial charge in [0, 0.05) is 31.8 Å². The highest BCUT2D eigenvalue weighted by Gasteiger charge is 2.23. The molecule has 0 saturated carbocycles. The highest BCUT2D eigenvalue weighted by Crippen LogP contribution is 2.25. The van der Waals surface area contributed by atoms with Crippen LogP contribution in [0.3, 0.4) is 0 Å². The van der Waals surface area contributed by atoms with Gasteiger partial charge < -0.3 is 9.64 Å². The number of rotatable bonds is 3. The van der Waals surface area contributed by atoms with Crippen molar-refractivity contribution in [3.05, 3.63) is 41.6 Å². The molecular formula is C15H16ClN3O. The fourth-order valence-corrected chi connectivity index (χ4v) is 2.59. The Morgan fingerprint density at radius 1 is 1.25 bits per heavy atom. The van der Waals surface area contributed by atoms with E-state index in [0.717, 1.165) is 30.9 Å². The Bertz CT molecular complexity index is 591. The van der Waals surface area contributed by atoms with Crippen LogP contribution in [0.2, 0.25) is 5.15 Å². The Kier molecular flexibility index (Phi) is 3.85. The molecule has 1 saturated heterocycles. The van der Waals surface area contributed by atoms with Crippen molar-refractivity contribution < 1.29 is 4.74 Å². The zero-order valence-electron chi connectivity index (χ0n) is 11.3. The van der Waals surface area contributed by atoms with E-state index in [1.54, 1.807) is 7.11 Å². The van der Waals surface area contributed by atoms with Gasteiger partial charge in [0.1, 0.15) is 11.0 Å². The number of nitrogens with zero attached hydrogens (tertiary/aromatic N) is 3. The van der Waals surface area contributed by atoms with Crippen molar-refractivity contribution in [2.24, 2.45) is 0 Å². The molecule has 3 rings (SSSR count). The van der Waals surface area contributed by atoms with Crippen LogP contribution in [0.25, 0.3) is 11.4 Å². The Morgan fingerprint density at radius 2 is 2.05 bits per heavy atom. The molecule has 0 bridgehead atoms. The summed E-state index contributed by atoms with van der Waals surface area (Å²) < 4.78 is 5.39. The first-order valence-corrected chi connectivity index (χ1v) is 7.02. The predicted molar refractivity (Wildman–Crippen MR) is 80.1 cm³/mol. The molecule has 20 heavy (non-hydrogen) atoms. The predicted octanol–water partition coefficient (Wildman–Crippen LogP) is 3.02. The molecule has 0 spiro atoms. The van der Waals surface area contributed by atoms with Crippen molar-refractivity contribution in [1.29, 1.82) is 0 Å². The molecule has 1 aromatic heterocycles. The second-order valence-corrected chi connectivity index (χ2v) is 5.22. The molecule has 2 aromatic rings. The molecule has 0 radical (unpaired) electrons. The molecule has 0 unspecified atom stereocenters. The van der Waals surface area contributed by atoms with E-state index in [1.807, 2.05) is 36.4 Å². The molecule has 2 heterocycles. The van der Waals surface area contributed by atoms with Crippen LogP contribution in [-0.2, 0) is 4.74 Å². The van der Waals surface area contributed by atoms with Gasteiger partial charge in [-0.2, -0.15) is 0 Å². The van der Waals surface area contributed by atoms with Gasteiger partial charge in [-0.3, -0.25) is 0 Å². The van der Waals surface area contributed by atoms with Gasteiger partial charge in [0.05, 0.1) is 6.10 Å². The molecule has 0 N–H and O–H groups in total. The lowest BCUT2D eigenvalue weighted by atomic mass is 10.2. The van der Waals surface area contributed by atoms with Gasteiger partial charge in [-0.1, -0.05) is 41.9 Å². The highest BCUT2D eigenvalue weighted by atomic mass is 35.5. The first-order valence-electron chi connectivity index (χ1n) is 6.64. The summed E-state index contributed by atoms with van der Waals surface area (Å²) in [5.41, 5.74) is 0.971. The maximum Gasteiger partial charge on any atom is 0.163 e. The molecule has 1 aliphatic rings. The third-order valence-corrected chi connectivity index (χ3v) is 3.71. The largest absolute Gasteiger partial charge is 0.380 e. The number of aromatic nitrogens is 2. The summed E-state index contributed by atoms with van der Waals surface area (Å²) in [5.74, 6) is 1.53. The van der Waals surface area contributed by atoms with Crippen LogP contribution in [0.4, 0.5) is 5.82 Å². The summed E-state index contributed by atoms with van der Waals surface area (Å²) in [6.45, 7) is 1.78. The van der Waals surface area contributed by atoms with Crippen molar-refractivity contribution in [3.63, 3.8) is 0 Å². The molecule has 0 aliphatic carbocycles. The second kappa shape index (κ2) is 5.77. The minimum Gasteiger partial charge on any atom is -0.380 e. The number of hydrogen-bond donors (Lipinski definition) is 0. The van der Waals surface area contributed by atoms with Crippen molar-refractivity contribution in [1.82, 2.24) is 9.97 Å². The van der Waals surface area contributed by atoms with Crippen LogP contribution in [0.5, 0.6) is 0 Å². The minimum absolute atomic E-state index is 0.268. The molecule has 1 aromatic carbocycles. The lowest BCUT2D eigenvalue weighted by molar-refractivity contribution is 0.121. The fraction of sp³-hybridized carbons (Fsp3) is 0.333. The number of anilines is 1. The minimum atomic E-state index is 0.268. The molecular weight excluding hydrogens is 274 g/mol. The van der Waals surface area contributed by atoms with Crippen LogP contribution in [-0.4, -0.2) is 36.3 Å². The Balaban J connectivity index is 1.92. The summed E-state index contributed by atoms with van der Waals surface area (Å²) in [6.07, 6.45) is 1.28. The highest BCUT2D eigenvalue weighted by molar-refractivity contribution is 6.29. The number of benzene rings is 1. The Labute approximate surface area is 123 Å². The monoisotopic (exact) mass is 289 g/mol. The zero-order chi connectivity index (χ0) is 13.9. The smallest absolute Gasteiger partial charge is 0.163 e. The molecule has 1 aliphatic heterocycles. The SMILES string of the molecule is CO[C@H]1CCN(c2cc(Cl)nc(-c3ccccc3)n2)C1. The number of hydrogen-bond acceptors (Lipinski definition) is 4. The Hall–Kier alpha value is -1.65. The van der Waals surface area contributed by atoms with Gasteiger partial charge in [-0.25, -0.2) is 9.97 Å². The lowest BCUT2D eigenvalue weighted by Crippen LogP contribution is -2.23. The van der Waals surface area contributed by atoms with Crippen LogP contribution in [0.15, 0.2) is 36.4 Å². The zero-order valence-corrected chi connectivity index (χ0v) is 12.0. The van der Waals surface area contributed by atoms with Gasteiger partial charge in [0.15, 0.2) is 5.82 Å². The van der Waals surface area contributed by atoms with E-state index in [1.165, 1.54) is 0 Å².